The van der Waals surface area contributed by atoms with Crippen molar-refractivity contribution in [3.05, 3.63) is 17.8 Å². The quantitative estimate of drug-likeness (QED) is 0.685. The average molecular weight is 378 g/mol. The largest absolute Gasteiger partial charge is 0.496 e. The number of aromatic nitrogens is 1. The minimum Gasteiger partial charge on any atom is -0.496 e. The number of carbonyl (C=O) groups excluding carboxylic acids is 2. The van der Waals surface area contributed by atoms with Crippen molar-refractivity contribution in [3.63, 3.8) is 0 Å². The molecule has 0 aliphatic heterocycles. The van der Waals surface area contributed by atoms with Gasteiger partial charge in [0.2, 0.25) is 0 Å². The van der Waals surface area contributed by atoms with E-state index in [1.54, 1.807) is 19.1 Å². The minimum absolute atomic E-state index is 0.265. The molecule has 0 aliphatic rings. The van der Waals surface area contributed by atoms with Crippen molar-refractivity contribution < 1.29 is 28.5 Å². The van der Waals surface area contributed by atoms with Crippen LogP contribution in [-0.4, -0.2) is 50.8 Å². The topological polar surface area (TPSA) is 98.9 Å². The summed E-state index contributed by atoms with van der Waals surface area (Å²) in [7, 11) is 5.86. The SMILES string of the molecule is CCC[C@@](C)(NC(=O)c1cc2c(OC)cc(OC)c(OC)c2[nH]1)C(=O)OC. The Morgan fingerprint density at radius 3 is 2.26 bits per heavy atom. The van der Waals surface area contributed by atoms with E-state index in [9.17, 15) is 9.59 Å². The molecule has 0 spiro atoms. The van der Waals surface area contributed by atoms with Gasteiger partial charge >= 0.3 is 5.97 Å². The number of carbonyl (C=O) groups is 2. The Morgan fingerprint density at radius 2 is 1.74 bits per heavy atom. The fourth-order valence-corrected chi connectivity index (χ4v) is 3.12. The van der Waals surface area contributed by atoms with Crippen LogP contribution in [0.15, 0.2) is 12.1 Å². The number of nitrogens with one attached hydrogen (secondary N) is 2. The van der Waals surface area contributed by atoms with Crippen LogP contribution in [0.3, 0.4) is 0 Å². The number of aromatic amines is 1. The third kappa shape index (κ3) is 3.79. The molecule has 148 valence electrons. The molecule has 2 aromatic rings. The predicted molar refractivity (Wildman–Crippen MR) is 101 cm³/mol. The number of ether oxygens (including phenoxy) is 4. The summed E-state index contributed by atoms with van der Waals surface area (Å²) in [6.07, 6.45) is 1.16. The summed E-state index contributed by atoms with van der Waals surface area (Å²) in [5.41, 5.74) is -0.292. The van der Waals surface area contributed by atoms with Gasteiger partial charge in [-0.1, -0.05) is 13.3 Å². The van der Waals surface area contributed by atoms with Crippen LogP contribution in [0, 0.1) is 0 Å². The van der Waals surface area contributed by atoms with Crippen LogP contribution < -0.4 is 19.5 Å². The van der Waals surface area contributed by atoms with Crippen molar-refractivity contribution in [2.24, 2.45) is 0 Å². The number of hydrogen-bond acceptors (Lipinski definition) is 6. The molecule has 0 saturated heterocycles. The van der Waals surface area contributed by atoms with Crippen molar-refractivity contribution in [3.8, 4) is 17.2 Å². The van der Waals surface area contributed by atoms with Crippen LogP contribution in [0.25, 0.3) is 10.9 Å². The molecule has 1 aromatic carbocycles. The van der Waals surface area contributed by atoms with Gasteiger partial charge in [-0.2, -0.15) is 0 Å². The first-order valence-corrected chi connectivity index (χ1v) is 8.57. The number of amides is 1. The first kappa shape index (κ1) is 20.4. The predicted octanol–water partition coefficient (Wildman–Crippen LogP) is 2.66. The second kappa shape index (κ2) is 8.20. The zero-order valence-corrected chi connectivity index (χ0v) is 16.5. The maximum atomic E-state index is 12.8. The van der Waals surface area contributed by atoms with E-state index < -0.39 is 17.4 Å². The molecule has 0 fully saturated rings. The number of esters is 1. The number of hydrogen-bond donors (Lipinski definition) is 2. The maximum absolute atomic E-state index is 12.8. The second-order valence-corrected chi connectivity index (χ2v) is 6.31. The standard InChI is InChI=1S/C19H26N2O6/c1-7-8-19(2,18(23)27-6)21-17(22)12-9-11-13(24-3)10-14(25-4)16(26-5)15(11)20-12/h9-10,20H,7-8H2,1-6H3,(H,21,22)/t19-/m1/s1. The third-order valence-electron chi connectivity index (χ3n) is 4.46. The highest BCUT2D eigenvalue weighted by atomic mass is 16.5. The number of benzene rings is 1. The molecule has 0 bridgehead atoms. The molecule has 2 rings (SSSR count). The van der Waals surface area contributed by atoms with E-state index in [2.05, 4.69) is 10.3 Å². The fraction of sp³-hybridized carbons (Fsp3) is 0.474. The number of rotatable bonds is 8. The first-order chi connectivity index (χ1) is 12.8. The van der Waals surface area contributed by atoms with E-state index in [0.717, 1.165) is 0 Å². The van der Waals surface area contributed by atoms with E-state index in [0.29, 0.717) is 41.0 Å². The van der Waals surface area contributed by atoms with Crippen LogP contribution in [0.1, 0.15) is 37.2 Å². The van der Waals surface area contributed by atoms with Crippen molar-refractivity contribution >= 4 is 22.8 Å². The molecular formula is C19H26N2O6. The molecule has 1 atom stereocenters. The zero-order chi connectivity index (χ0) is 20.2. The minimum atomic E-state index is -1.12. The highest BCUT2D eigenvalue weighted by Gasteiger charge is 2.36. The summed E-state index contributed by atoms with van der Waals surface area (Å²) >= 11 is 0. The Hall–Kier alpha value is -2.90. The Labute approximate surface area is 158 Å². The van der Waals surface area contributed by atoms with Crippen molar-refractivity contribution in [2.45, 2.75) is 32.2 Å². The van der Waals surface area contributed by atoms with E-state index in [4.69, 9.17) is 18.9 Å². The van der Waals surface area contributed by atoms with Gasteiger partial charge in [-0.25, -0.2) is 4.79 Å². The van der Waals surface area contributed by atoms with E-state index in [1.165, 1.54) is 28.4 Å². The second-order valence-electron chi connectivity index (χ2n) is 6.31. The van der Waals surface area contributed by atoms with E-state index in [1.807, 2.05) is 6.92 Å². The third-order valence-corrected chi connectivity index (χ3v) is 4.46. The van der Waals surface area contributed by atoms with Gasteiger partial charge in [0.05, 0.1) is 34.0 Å². The normalized spacial score (nSPS) is 13.0. The molecule has 1 aromatic heterocycles. The fourth-order valence-electron chi connectivity index (χ4n) is 3.12. The van der Waals surface area contributed by atoms with Crippen LogP contribution in [0.2, 0.25) is 0 Å². The molecule has 8 heteroatoms. The summed E-state index contributed by atoms with van der Waals surface area (Å²) in [5.74, 6) is 0.529. The number of methoxy groups -OCH3 is 4. The Kier molecular flexibility index (Phi) is 6.20. The van der Waals surface area contributed by atoms with E-state index >= 15 is 0 Å². The summed E-state index contributed by atoms with van der Waals surface area (Å²) in [4.78, 5) is 28.0. The molecule has 0 unspecified atom stereocenters. The summed E-state index contributed by atoms with van der Waals surface area (Å²) < 4.78 is 21.0. The van der Waals surface area contributed by atoms with Crippen LogP contribution in [-0.2, 0) is 9.53 Å². The van der Waals surface area contributed by atoms with Crippen molar-refractivity contribution in [1.82, 2.24) is 10.3 Å². The summed E-state index contributed by atoms with van der Waals surface area (Å²) in [6.45, 7) is 3.57. The van der Waals surface area contributed by atoms with E-state index in [-0.39, 0.29) is 5.69 Å². The molecule has 0 saturated carbocycles. The van der Waals surface area contributed by atoms with Gasteiger partial charge in [-0.15, -0.1) is 0 Å². The molecule has 1 amide bonds. The lowest BCUT2D eigenvalue weighted by atomic mass is 9.96. The van der Waals surface area contributed by atoms with Gasteiger partial charge in [0.15, 0.2) is 11.5 Å². The lowest BCUT2D eigenvalue weighted by Gasteiger charge is -2.27. The smallest absolute Gasteiger partial charge is 0.331 e. The Morgan fingerprint density at radius 1 is 1.07 bits per heavy atom. The lowest BCUT2D eigenvalue weighted by Crippen LogP contribution is -2.52. The van der Waals surface area contributed by atoms with Crippen LogP contribution in [0.5, 0.6) is 17.2 Å². The average Bonchev–Trinajstić information content (AvgIpc) is 3.11. The molecule has 8 nitrogen and oxygen atoms in total. The highest BCUT2D eigenvalue weighted by molar-refractivity contribution is 6.03. The van der Waals surface area contributed by atoms with Gasteiger partial charge in [0.1, 0.15) is 17.0 Å². The van der Waals surface area contributed by atoms with Gasteiger partial charge < -0.3 is 29.2 Å². The van der Waals surface area contributed by atoms with Crippen molar-refractivity contribution in [1.29, 1.82) is 0 Å². The molecule has 2 N–H and O–H groups in total. The first-order valence-electron chi connectivity index (χ1n) is 8.57. The molecule has 27 heavy (non-hydrogen) atoms. The summed E-state index contributed by atoms with van der Waals surface area (Å²) in [5, 5.41) is 3.43. The Bertz CT molecular complexity index is 844. The van der Waals surface area contributed by atoms with Gasteiger partial charge in [0, 0.05) is 11.5 Å². The van der Waals surface area contributed by atoms with Gasteiger partial charge in [-0.05, 0) is 19.4 Å². The monoisotopic (exact) mass is 378 g/mol. The van der Waals surface area contributed by atoms with Crippen LogP contribution in [0.4, 0.5) is 0 Å². The molecule has 1 heterocycles. The highest BCUT2D eigenvalue weighted by Crippen LogP contribution is 2.41. The lowest BCUT2D eigenvalue weighted by molar-refractivity contribution is -0.147. The molecule has 0 radical (unpaired) electrons. The van der Waals surface area contributed by atoms with Gasteiger partial charge in [-0.3, -0.25) is 4.79 Å². The van der Waals surface area contributed by atoms with Crippen LogP contribution >= 0.6 is 0 Å². The number of fused-ring (bicyclic) bond motifs is 1. The van der Waals surface area contributed by atoms with Gasteiger partial charge in [0.25, 0.3) is 5.91 Å². The zero-order valence-electron chi connectivity index (χ0n) is 16.5. The van der Waals surface area contributed by atoms with Crippen molar-refractivity contribution in [2.75, 3.05) is 28.4 Å². The Balaban J connectivity index is 2.49. The number of H-pyrrole nitrogens is 1. The summed E-state index contributed by atoms with van der Waals surface area (Å²) in [6, 6.07) is 3.33. The molecular weight excluding hydrogens is 352 g/mol. The molecule has 0 aliphatic carbocycles. The maximum Gasteiger partial charge on any atom is 0.331 e.